The molecule has 0 unspecified atom stereocenters. The molecule has 0 amide bonds. The third kappa shape index (κ3) is 7.33. The minimum absolute atomic E-state index is 0.290. The fourth-order valence-electron chi connectivity index (χ4n) is 4.83. The van der Waals surface area contributed by atoms with Gasteiger partial charge in [-0.05, 0) is 56.4 Å². The van der Waals surface area contributed by atoms with E-state index in [0.717, 1.165) is 68.5 Å². The Balaban J connectivity index is 0.000000334. The molecule has 3 aromatic rings. The van der Waals surface area contributed by atoms with Crippen LogP contribution in [0.2, 0.25) is 0 Å². The Morgan fingerprint density at radius 3 is 2.29 bits per heavy atom. The molecule has 0 aliphatic carbocycles. The molecule has 5 N–H and O–H groups in total. The van der Waals surface area contributed by atoms with Gasteiger partial charge in [-0.1, -0.05) is 12.1 Å². The Morgan fingerprint density at radius 2 is 1.76 bits per heavy atom. The van der Waals surface area contributed by atoms with Crippen molar-refractivity contribution in [1.29, 1.82) is 0 Å². The van der Waals surface area contributed by atoms with E-state index < -0.39 is 24.1 Å². The number of carboxylic acids is 2. The van der Waals surface area contributed by atoms with E-state index in [2.05, 4.69) is 20.4 Å². The van der Waals surface area contributed by atoms with Gasteiger partial charge in [-0.15, -0.1) is 0 Å². The molecule has 0 saturated carbocycles. The summed E-state index contributed by atoms with van der Waals surface area (Å²) in [7, 11) is 0. The van der Waals surface area contributed by atoms with Crippen molar-refractivity contribution in [2.75, 3.05) is 31.2 Å². The monoisotopic (exact) mass is 575 g/mol. The van der Waals surface area contributed by atoms with Crippen molar-refractivity contribution in [3.63, 3.8) is 0 Å². The second-order valence-electron chi connectivity index (χ2n) is 10.1. The first-order valence-corrected chi connectivity index (χ1v) is 13.4. The number of rotatable bonds is 8. The van der Waals surface area contributed by atoms with Gasteiger partial charge in [0.05, 0.1) is 12.2 Å². The maximum Gasteiger partial charge on any atom is 0.335 e. The van der Waals surface area contributed by atoms with Crippen molar-refractivity contribution in [3.8, 4) is 11.5 Å². The van der Waals surface area contributed by atoms with Crippen LogP contribution < -0.4 is 10.2 Å². The highest BCUT2D eigenvalue weighted by atomic mass is 19.1. The number of ether oxygens (including phenoxy) is 1. The van der Waals surface area contributed by atoms with Gasteiger partial charge >= 0.3 is 11.9 Å². The number of halogens is 1. The minimum atomic E-state index is -2.27. The number of aliphatic hydroxyl groups excluding tert-OH is 2. The van der Waals surface area contributed by atoms with Crippen molar-refractivity contribution >= 4 is 28.7 Å². The number of carboxylic acid groups (broad SMARTS) is 2. The number of pyridine rings is 1. The predicted molar refractivity (Wildman–Crippen MR) is 144 cm³/mol. The molecule has 2 aliphatic rings. The number of aliphatic carboxylic acids is 2. The van der Waals surface area contributed by atoms with E-state index in [1.807, 2.05) is 19.1 Å². The molecule has 1 aromatic carbocycles. The van der Waals surface area contributed by atoms with Crippen LogP contribution >= 0.6 is 0 Å². The lowest BCUT2D eigenvalue weighted by Gasteiger charge is -2.35. The molecule has 4 heterocycles. The minimum Gasteiger partial charge on any atom is -0.479 e. The molecule has 14 heteroatoms. The maximum atomic E-state index is 14.9. The molecule has 0 bridgehead atoms. The molecule has 222 valence electrons. The molecule has 13 nitrogen and oxygen atoms in total. The highest BCUT2D eigenvalue weighted by molar-refractivity contribution is 5.89. The highest BCUT2D eigenvalue weighted by Gasteiger charge is 2.30. The molecular formula is C27H34FN5O8. The summed E-state index contributed by atoms with van der Waals surface area (Å²) in [5, 5.41) is 40.9. The van der Waals surface area contributed by atoms with Gasteiger partial charge in [-0.3, -0.25) is 0 Å². The van der Waals surface area contributed by atoms with Gasteiger partial charge in [0.2, 0.25) is 0 Å². The van der Waals surface area contributed by atoms with Gasteiger partial charge in [0, 0.05) is 37.2 Å². The van der Waals surface area contributed by atoms with E-state index in [-0.39, 0.29) is 5.82 Å². The number of nitrogens with zero attached hydrogens (tertiary/aromatic N) is 4. The Hall–Kier alpha value is -3.72. The SMILES string of the molecule is CCc1cc(F)c2nc(N3CCC(N[C@@H]4CCOC4)CC3)c(-c3nc(C)no3)cc2c1.O=C(O)[C@H](O)[C@@H](O)C(=O)O. The van der Waals surface area contributed by atoms with Gasteiger partial charge in [-0.25, -0.2) is 19.0 Å². The van der Waals surface area contributed by atoms with Crippen LogP contribution in [0.25, 0.3) is 22.4 Å². The number of aryl methyl sites for hydroxylation is 2. The summed E-state index contributed by atoms with van der Waals surface area (Å²) in [5.41, 5.74) is 2.09. The third-order valence-corrected chi connectivity index (χ3v) is 7.08. The Bertz CT molecular complexity index is 1350. The normalized spacial score (nSPS) is 19.0. The zero-order valence-electron chi connectivity index (χ0n) is 22.8. The molecule has 5 rings (SSSR count). The molecule has 2 aliphatic heterocycles. The molecular weight excluding hydrogens is 541 g/mol. The molecule has 3 atom stereocenters. The van der Waals surface area contributed by atoms with E-state index in [4.69, 9.17) is 34.7 Å². The Labute approximate surface area is 234 Å². The van der Waals surface area contributed by atoms with Crippen LogP contribution in [0, 0.1) is 12.7 Å². The van der Waals surface area contributed by atoms with Crippen LogP contribution in [0.15, 0.2) is 22.7 Å². The van der Waals surface area contributed by atoms with Gasteiger partial charge in [0.15, 0.2) is 18.0 Å². The first kappa shape index (κ1) is 30.2. The number of fused-ring (bicyclic) bond motifs is 1. The van der Waals surface area contributed by atoms with E-state index >= 15 is 0 Å². The lowest BCUT2D eigenvalue weighted by molar-refractivity contribution is -0.165. The summed E-state index contributed by atoms with van der Waals surface area (Å²) >= 11 is 0. The summed E-state index contributed by atoms with van der Waals surface area (Å²) < 4.78 is 25.8. The summed E-state index contributed by atoms with van der Waals surface area (Å²) in [5.74, 6) is -2.13. The standard InChI is InChI=1S/C23H28FN5O2.C4H6O6/c1-3-15-10-16-12-19(23-25-14(2)28-31-23)22(27-21(16)20(24)11-15)29-7-4-17(5-8-29)26-18-6-9-30-13-18;5-1(3(7)8)2(6)4(9)10/h10-12,17-18,26H,3-9,13H2,1-2H3;1-2,5-6H,(H,7,8)(H,9,10)/t18-;1-,2-/m11/s1. The number of nitrogens with one attached hydrogen (secondary N) is 1. The number of aromatic nitrogens is 3. The second-order valence-corrected chi connectivity index (χ2v) is 10.1. The number of benzene rings is 1. The highest BCUT2D eigenvalue weighted by Crippen LogP contribution is 2.34. The number of carbonyl (C=O) groups is 2. The van der Waals surface area contributed by atoms with Gasteiger partial charge < -0.3 is 39.9 Å². The van der Waals surface area contributed by atoms with Crippen molar-refractivity contribution in [2.24, 2.45) is 0 Å². The molecule has 0 spiro atoms. The first-order chi connectivity index (χ1) is 19.6. The number of aliphatic hydroxyl groups is 2. The molecule has 41 heavy (non-hydrogen) atoms. The van der Waals surface area contributed by atoms with Crippen molar-refractivity contribution in [1.82, 2.24) is 20.4 Å². The van der Waals surface area contributed by atoms with Gasteiger partial charge in [0.1, 0.15) is 17.2 Å². The number of hydrogen-bond acceptors (Lipinski definition) is 11. The van der Waals surface area contributed by atoms with E-state index in [9.17, 15) is 14.0 Å². The van der Waals surface area contributed by atoms with Crippen LogP contribution in [0.3, 0.4) is 0 Å². The van der Waals surface area contributed by atoms with Gasteiger partial charge in [0.25, 0.3) is 5.89 Å². The molecule has 2 saturated heterocycles. The van der Waals surface area contributed by atoms with Gasteiger partial charge in [-0.2, -0.15) is 4.98 Å². The summed E-state index contributed by atoms with van der Waals surface area (Å²) in [6.07, 6.45) is -0.705. The van der Waals surface area contributed by atoms with Crippen LogP contribution in [-0.2, 0) is 20.7 Å². The zero-order valence-corrected chi connectivity index (χ0v) is 22.8. The predicted octanol–water partition coefficient (Wildman–Crippen LogP) is 1.52. The molecule has 2 aromatic heterocycles. The fraction of sp³-hybridized carbons (Fsp3) is 0.519. The van der Waals surface area contributed by atoms with Crippen LogP contribution in [0.4, 0.5) is 10.2 Å². The summed E-state index contributed by atoms with van der Waals surface area (Å²) in [6, 6.07) is 6.42. The first-order valence-electron chi connectivity index (χ1n) is 13.4. The third-order valence-electron chi connectivity index (χ3n) is 7.08. The number of anilines is 1. The molecule has 2 fully saturated rings. The summed E-state index contributed by atoms with van der Waals surface area (Å²) in [4.78, 5) is 31.0. The van der Waals surface area contributed by atoms with Crippen LogP contribution in [0.1, 0.15) is 37.6 Å². The van der Waals surface area contributed by atoms with Crippen molar-refractivity contribution in [2.45, 2.75) is 63.8 Å². The fourth-order valence-corrected chi connectivity index (χ4v) is 4.83. The topological polar surface area (TPSA) is 191 Å². The lowest BCUT2D eigenvalue weighted by Crippen LogP contribution is -2.46. The summed E-state index contributed by atoms with van der Waals surface area (Å²) in [6.45, 7) is 7.11. The number of piperidine rings is 1. The van der Waals surface area contributed by atoms with E-state index in [1.165, 1.54) is 0 Å². The van der Waals surface area contributed by atoms with Crippen LogP contribution in [0.5, 0.6) is 0 Å². The lowest BCUT2D eigenvalue weighted by atomic mass is 10.0. The zero-order chi connectivity index (χ0) is 29.7. The Morgan fingerprint density at radius 1 is 1.07 bits per heavy atom. The Kier molecular flexibility index (Phi) is 9.81. The molecule has 0 radical (unpaired) electrons. The number of hydrogen-bond donors (Lipinski definition) is 5. The van der Waals surface area contributed by atoms with Crippen LogP contribution in [-0.4, -0.2) is 98.1 Å². The second kappa shape index (κ2) is 13.3. The van der Waals surface area contributed by atoms with E-state index in [1.54, 1.807) is 13.0 Å². The average molecular weight is 576 g/mol. The average Bonchev–Trinajstić information content (AvgIpc) is 3.64. The maximum absolute atomic E-state index is 14.9. The largest absolute Gasteiger partial charge is 0.479 e. The van der Waals surface area contributed by atoms with Crippen molar-refractivity contribution < 1.29 is 43.7 Å². The van der Waals surface area contributed by atoms with Crippen molar-refractivity contribution in [3.05, 3.63) is 35.4 Å². The van der Waals surface area contributed by atoms with E-state index in [0.29, 0.717) is 35.1 Å². The smallest absolute Gasteiger partial charge is 0.335 e. The quantitative estimate of drug-likeness (QED) is 0.260.